The number of carbonyl (C=O) groups is 1. The molecule has 19 heavy (non-hydrogen) atoms. The van der Waals surface area contributed by atoms with Gasteiger partial charge in [-0.15, -0.1) is 0 Å². The smallest absolute Gasteiger partial charge is 0.165 e. The Balaban J connectivity index is 1.92. The molecule has 104 valence electrons. The van der Waals surface area contributed by atoms with Gasteiger partial charge in [-0.05, 0) is 31.4 Å². The largest absolute Gasteiger partial charge is 0.300 e. The average Bonchev–Trinajstić information content (AvgIpc) is 2.85. The standard InChI is InChI=1S/C16H22BrNO/c1-12(2)15-8-5-10-18(15)11-9-16(19)13-6-3-4-7-14(13)17/h3-4,6-7,12,15H,5,8-11H2,1-2H3. The highest BCUT2D eigenvalue weighted by Gasteiger charge is 2.27. The molecule has 1 atom stereocenters. The molecule has 0 bridgehead atoms. The fourth-order valence-electron chi connectivity index (χ4n) is 2.95. The summed E-state index contributed by atoms with van der Waals surface area (Å²) in [5.41, 5.74) is 0.808. The van der Waals surface area contributed by atoms with Gasteiger partial charge in [0.2, 0.25) is 0 Å². The first-order valence-electron chi connectivity index (χ1n) is 7.11. The van der Waals surface area contributed by atoms with Crippen molar-refractivity contribution < 1.29 is 4.79 Å². The number of nitrogens with zero attached hydrogens (tertiary/aromatic N) is 1. The van der Waals surface area contributed by atoms with E-state index in [4.69, 9.17) is 0 Å². The molecule has 0 aromatic heterocycles. The monoisotopic (exact) mass is 323 g/mol. The van der Waals surface area contributed by atoms with E-state index in [2.05, 4.69) is 34.7 Å². The zero-order valence-corrected chi connectivity index (χ0v) is 13.3. The van der Waals surface area contributed by atoms with Gasteiger partial charge < -0.3 is 0 Å². The van der Waals surface area contributed by atoms with Crippen LogP contribution in [0.3, 0.4) is 0 Å². The van der Waals surface area contributed by atoms with E-state index in [1.165, 1.54) is 12.8 Å². The molecule has 1 unspecified atom stereocenters. The van der Waals surface area contributed by atoms with E-state index in [-0.39, 0.29) is 5.78 Å². The summed E-state index contributed by atoms with van der Waals surface area (Å²) in [5.74, 6) is 0.919. The summed E-state index contributed by atoms with van der Waals surface area (Å²) >= 11 is 3.45. The van der Waals surface area contributed by atoms with Gasteiger partial charge in [-0.1, -0.05) is 48.0 Å². The van der Waals surface area contributed by atoms with Crippen molar-refractivity contribution in [3.8, 4) is 0 Å². The number of rotatable bonds is 5. The summed E-state index contributed by atoms with van der Waals surface area (Å²) in [6, 6.07) is 8.35. The highest BCUT2D eigenvalue weighted by molar-refractivity contribution is 9.10. The molecule has 0 N–H and O–H groups in total. The summed E-state index contributed by atoms with van der Waals surface area (Å²) in [7, 11) is 0. The molecule has 1 aliphatic rings. The van der Waals surface area contributed by atoms with Crippen molar-refractivity contribution in [3.63, 3.8) is 0 Å². The highest BCUT2D eigenvalue weighted by Crippen LogP contribution is 2.24. The third kappa shape index (κ3) is 3.67. The maximum atomic E-state index is 12.2. The Morgan fingerprint density at radius 3 is 2.84 bits per heavy atom. The molecule has 0 spiro atoms. The predicted molar refractivity (Wildman–Crippen MR) is 82.5 cm³/mol. The molecular formula is C16H22BrNO. The van der Waals surface area contributed by atoms with Crippen LogP contribution in [0.15, 0.2) is 28.7 Å². The van der Waals surface area contributed by atoms with E-state index >= 15 is 0 Å². The van der Waals surface area contributed by atoms with Crippen LogP contribution in [0.2, 0.25) is 0 Å². The van der Waals surface area contributed by atoms with E-state index in [9.17, 15) is 4.79 Å². The minimum atomic E-state index is 0.238. The predicted octanol–water partition coefficient (Wildman–Crippen LogP) is 4.14. The number of hydrogen-bond acceptors (Lipinski definition) is 2. The quantitative estimate of drug-likeness (QED) is 0.759. The van der Waals surface area contributed by atoms with Gasteiger partial charge in [-0.2, -0.15) is 0 Å². The van der Waals surface area contributed by atoms with Crippen molar-refractivity contribution in [2.45, 2.75) is 39.2 Å². The van der Waals surface area contributed by atoms with Crippen LogP contribution in [-0.2, 0) is 0 Å². The normalized spacial score (nSPS) is 20.1. The van der Waals surface area contributed by atoms with Gasteiger partial charge in [0.05, 0.1) is 0 Å². The minimum Gasteiger partial charge on any atom is -0.300 e. The maximum Gasteiger partial charge on any atom is 0.165 e. The lowest BCUT2D eigenvalue weighted by molar-refractivity contribution is 0.0953. The van der Waals surface area contributed by atoms with Crippen molar-refractivity contribution in [2.24, 2.45) is 5.92 Å². The Bertz CT molecular complexity index is 444. The van der Waals surface area contributed by atoms with Crippen LogP contribution >= 0.6 is 15.9 Å². The summed E-state index contributed by atoms with van der Waals surface area (Å²) in [5, 5.41) is 0. The molecule has 1 saturated heterocycles. The fourth-order valence-corrected chi connectivity index (χ4v) is 3.46. The topological polar surface area (TPSA) is 20.3 Å². The molecule has 2 rings (SSSR count). The number of halogens is 1. The Kier molecular flexibility index (Phi) is 5.17. The first kappa shape index (κ1) is 14.7. The number of carbonyl (C=O) groups excluding carboxylic acids is 1. The lowest BCUT2D eigenvalue weighted by Gasteiger charge is -2.27. The average molecular weight is 324 g/mol. The second-order valence-electron chi connectivity index (χ2n) is 5.64. The molecule has 3 heteroatoms. The molecule has 2 nitrogen and oxygen atoms in total. The minimum absolute atomic E-state index is 0.238. The Morgan fingerprint density at radius 2 is 2.16 bits per heavy atom. The number of Topliss-reactive ketones (excluding diaryl/α,β-unsaturated/α-hetero) is 1. The van der Waals surface area contributed by atoms with Crippen molar-refractivity contribution in [2.75, 3.05) is 13.1 Å². The van der Waals surface area contributed by atoms with Crippen LogP contribution < -0.4 is 0 Å². The van der Waals surface area contributed by atoms with Crippen LogP contribution in [0.1, 0.15) is 43.5 Å². The molecule has 1 fully saturated rings. The third-order valence-corrected chi connectivity index (χ3v) is 4.68. The number of likely N-dealkylation sites (tertiary alicyclic amines) is 1. The zero-order chi connectivity index (χ0) is 13.8. The van der Waals surface area contributed by atoms with E-state index in [1.807, 2.05) is 24.3 Å². The zero-order valence-electron chi connectivity index (χ0n) is 11.7. The SMILES string of the molecule is CC(C)C1CCCN1CCC(=O)c1ccccc1Br. The summed E-state index contributed by atoms with van der Waals surface area (Å²) in [4.78, 5) is 14.7. The molecule has 1 heterocycles. The molecule has 0 saturated carbocycles. The van der Waals surface area contributed by atoms with Crippen LogP contribution in [0.4, 0.5) is 0 Å². The van der Waals surface area contributed by atoms with Gasteiger partial charge >= 0.3 is 0 Å². The molecule has 1 aliphatic heterocycles. The number of ketones is 1. The summed E-state index contributed by atoms with van der Waals surface area (Å²) in [6.07, 6.45) is 3.17. The number of benzene rings is 1. The molecule has 0 radical (unpaired) electrons. The molecule has 0 amide bonds. The third-order valence-electron chi connectivity index (χ3n) is 3.98. The summed E-state index contributed by atoms with van der Waals surface area (Å²) < 4.78 is 0.904. The summed E-state index contributed by atoms with van der Waals surface area (Å²) in [6.45, 7) is 6.59. The van der Waals surface area contributed by atoms with Crippen molar-refractivity contribution in [3.05, 3.63) is 34.3 Å². The van der Waals surface area contributed by atoms with Crippen molar-refractivity contribution in [1.29, 1.82) is 0 Å². The molecule has 0 aliphatic carbocycles. The lowest BCUT2D eigenvalue weighted by Crippen LogP contribution is -2.35. The van der Waals surface area contributed by atoms with Gasteiger partial charge in [-0.25, -0.2) is 0 Å². The van der Waals surface area contributed by atoms with E-state index in [1.54, 1.807) is 0 Å². The van der Waals surface area contributed by atoms with Gasteiger partial charge in [0, 0.05) is 29.0 Å². The van der Waals surface area contributed by atoms with Crippen LogP contribution in [0.25, 0.3) is 0 Å². The first-order valence-corrected chi connectivity index (χ1v) is 7.90. The van der Waals surface area contributed by atoms with Gasteiger partial charge in [-0.3, -0.25) is 9.69 Å². The van der Waals surface area contributed by atoms with Crippen molar-refractivity contribution in [1.82, 2.24) is 4.90 Å². The Labute approximate surface area is 124 Å². The van der Waals surface area contributed by atoms with E-state index < -0.39 is 0 Å². The fraction of sp³-hybridized carbons (Fsp3) is 0.562. The second kappa shape index (κ2) is 6.67. The van der Waals surface area contributed by atoms with Crippen molar-refractivity contribution >= 4 is 21.7 Å². The van der Waals surface area contributed by atoms with Crippen LogP contribution in [0, 0.1) is 5.92 Å². The van der Waals surface area contributed by atoms with Crippen LogP contribution in [0.5, 0.6) is 0 Å². The number of hydrogen-bond donors (Lipinski definition) is 0. The highest BCUT2D eigenvalue weighted by atomic mass is 79.9. The first-order chi connectivity index (χ1) is 9.09. The van der Waals surface area contributed by atoms with Crippen LogP contribution in [-0.4, -0.2) is 29.8 Å². The Morgan fingerprint density at radius 1 is 1.42 bits per heavy atom. The van der Waals surface area contributed by atoms with E-state index in [0.29, 0.717) is 18.4 Å². The molecular weight excluding hydrogens is 302 g/mol. The maximum absolute atomic E-state index is 12.2. The van der Waals surface area contributed by atoms with E-state index in [0.717, 1.165) is 23.1 Å². The molecule has 1 aromatic rings. The second-order valence-corrected chi connectivity index (χ2v) is 6.50. The van der Waals surface area contributed by atoms with Gasteiger partial charge in [0.15, 0.2) is 5.78 Å². The lowest BCUT2D eigenvalue weighted by atomic mass is 10.0. The van der Waals surface area contributed by atoms with Gasteiger partial charge in [0.25, 0.3) is 0 Å². The Hall–Kier alpha value is -0.670. The van der Waals surface area contributed by atoms with Gasteiger partial charge in [0.1, 0.15) is 0 Å². The molecule has 1 aromatic carbocycles.